The van der Waals surface area contributed by atoms with Gasteiger partial charge >= 0.3 is 6.18 Å². The second-order valence-corrected chi connectivity index (χ2v) is 3.68. The Hall–Kier alpha value is -1.32. The van der Waals surface area contributed by atoms with Crippen LogP contribution in [0.4, 0.5) is 24.9 Å². The molecule has 1 rings (SSSR count). The standard InChI is InChI=1S/C8H11ClF3N5O/c9-5-3-14-7(16-13)15-6(5)17(1-2-18)4-8(10,11)12/h3,18H,1-2,4,13H2,(H,14,15,16). The lowest BCUT2D eigenvalue weighted by Crippen LogP contribution is -2.37. The van der Waals surface area contributed by atoms with E-state index in [4.69, 9.17) is 22.6 Å². The van der Waals surface area contributed by atoms with Crippen LogP contribution in [0.5, 0.6) is 0 Å². The lowest BCUT2D eigenvalue weighted by molar-refractivity contribution is -0.119. The van der Waals surface area contributed by atoms with Gasteiger partial charge in [-0.25, -0.2) is 10.8 Å². The van der Waals surface area contributed by atoms with Crippen LogP contribution in [0.1, 0.15) is 0 Å². The zero-order valence-corrected chi connectivity index (χ0v) is 9.83. The van der Waals surface area contributed by atoms with Gasteiger partial charge in [0.25, 0.3) is 0 Å². The molecule has 0 aromatic carbocycles. The number of rotatable bonds is 5. The summed E-state index contributed by atoms with van der Waals surface area (Å²) in [6.07, 6.45) is -3.32. The van der Waals surface area contributed by atoms with Crippen molar-refractivity contribution >= 4 is 23.4 Å². The van der Waals surface area contributed by atoms with Crippen molar-refractivity contribution < 1.29 is 18.3 Å². The quantitative estimate of drug-likeness (QED) is 0.547. The van der Waals surface area contributed by atoms with E-state index < -0.39 is 19.3 Å². The molecule has 0 saturated carbocycles. The first-order valence-corrected chi connectivity index (χ1v) is 5.17. The van der Waals surface area contributed by atoms with Gasteiger partial charge < -0.3 is 10.0 Å². The summed E-state index contributed by atoms with van der Waals surface area (Å²) in [5.41, 5.74) is 2.10. The van der Waals surface area contributed by atoms with E-state index in [1.807, 2.05) is 0 Å². The Bertz CT molecular complexity index is 403. The maximum absolute atomic E-state index is 12.4. The molecule has 0 fully saturated rings. The van der Waals surface area contributed by atoms with Crippen LogP contribution < -0.4 is 16.2 Å². The summed E-state index contributed by atoms with van der Waals surface area (Å²) in [5, 5.41) is 8.71. The average molecular weight is 286 g/mol. The fourth-order valence-corrected chi connectivity index (χ4v) is 1.46. The number of halogens is 4. The van der Waals surface area contributed by atoms with Crippen LogP contribution in [0.15, 0.2) is 6.20 Å². The predicted octanol–water partition coefficient (Wildman–Crippen LogP) is 0.777. The van der Waals surface area contributed by atoms with E-state index in [0.717, 1.165) is 11.1 Å². The third-order valence-electron chi connectivity index (χ3n) is 1.89. The van der Waals surface area contributed by atoms with Gasteiger partial charge in [-0.05, 0) is 0 Å². The Labute approximate surface area is 106 Å². The van der Waals surface area contributed by atoms with Crippen molar-refractivity contribution in [1.82, 2.24) is 9.97 Å². The molecule has 6 nitrogen and oxygen atoms in total. The van der Waals surface area contributed by atoms with Crippen LogP contribution in [-0.4, -0.2) is 40.9 Å². The highest BCUT2D eigenvalue weighted by molar-refractivity contribution is 6.32. The minimum Gasteiger partial charge on any atom is -0.395 e. The molecule has 1 heterocycles. The smallest absolute Gasteiger partial charge is 0.395 e. The van der Waals surface area contributed by atoms with Crippen LogP contribution in [0.3, 0.4) is 0 Å². The third kappa shape index (κ3) is 4.17. The summed E-state index contributed by atoms with van der Waals surface area (Å²) >= 11 is 5.73. The molecule has 0 aliphatic heterocycles. The molecule has 0 saturated heterocycles. The van der Waals surface area contributed by atoms with Crippen LogP contribution in [0, 0.1) is 0 Å². The van der Waals surface area contributed by atoms with Crippen molar-refractivity contribution in [2.75, 3.05) is 30.0 Å². The van der Waals surface area contributed by atoms with E-state index in [2.05, 4.69) is 15.4 Å². The number of nitrogens with two attached hydrogens (primary N) is 1. The first-order chi connectivity index (χ1) is 8.37. The van der Waals surface area contributed by atoms with E-state index >= 15 is 0 Å². The highest BCUT2D eigenvalue weighted by atomic mass is 35.5. The molecule has 0 unspecified atom stereocenters. The lowest BCUT2D eigenvalue weighted by atomic mass is 10.4. The fourth-order valence-electron chi connectivity index (χ4n) is 1.25. The maximum atomic E-state index is 12.4. The molecule has 0 bridgehead atoms. The van der Waals surface area contributed by atoms with Crippen LogP contribution in [0.2, 0.25) is 5.02 Å². The van der Waals surface area contributed by atoms with Gasteiger partial charge in [0.1, 0.15) is 11.6 Å². The molecule has 102 valence electrons. The first-order valence-electron chi connectivity index (χ1n) is 4.79. The normalized spacial score (nSPS) is 11.4. The number of hydrogen-bond donors (Lipinski definition) is 3. The van der Waals surface area contributed by atoms with Crippen molar-refractivity contribution in [3.05, 3.63) is 11.2 Å². The Morgan fingerprint density at radius 3 is 2.67 bits per heavy atom. The van der Waals surface area contributed by atoms with Gasteiger partial charge in [-0.15, -0.1) is 0 Å². The Balaban J connectivity index is 3.04. The summed E-state index contributed by atoms with van der Waals surface area (Å²) < 4.78 is 37.1. The summed E-state index contributed by atoms with van der Waals surface area (Å²) in [7, 11) is 0. The second-order valence-electron chi connectivity index (χ2n) is 3.27. The summed E-state index contributed by atoms with van der Waals surface area (Å²) in [4.78, 5) is 8.17. The Kier molecular flexibility index (Phi) is 4.93. The molecule has 4 N–H and O–H groups in total. The van der Waals surface area contributed by atoms with Crippen molar-refractivity contribution in [2.24, 2.45) is 5.84 Å². The molecular formula is C8H11ClF3N5O. The maximum Gasteiger partial charge on any atom is 0.405 e. The highest BCUT2D eigenvalue weighted by Gasteiger charge is 2.32. The second kappa shape index (κ2) is 6.03. The van der Waals surface area contributed by atoms with Crippen LogP contribution >= 0.6 is 11.6 Å². The summed E-state index contributed by atoms with van der Waals surface area (Å²) in [6, 6.07) is 0. The van der Waals surface area contributed by atoms with E-state index in [1.165, 1.54) is 0 Å². The number of nitrogen functional groups attached to an aromatic ring is 1. The van der Waals surface area contributed by atoms with Gasteiger partial charge in [0, 0.05) is 6.54 Å². The lowest BCUT2D eigenvalue weighted by Gasteiger charge is -2.24. The molecule has 0 spiro atoms. The van der Waals surface area contributed by atoms with Crippen LogP contribution in [0.25, 0.3) is 0 Å². The number of hydrogen-bond acceptors (Lipinski definition) is 6. The van der Waals surface area contributed by atoms with Crippen LogP contribution in [-0.2, 0) is 0 Å². The highest BCUT2D eigenvalue weighted by Crippen LogP contribution is 2.26. The minimum atomic E-state index is -4.44. The van der Waals surface area contributed by atoms with Gasteiger partial charge in [0.05, 0.1) is 12.8 Å². The first kappa shape index (κ1) is 14.7. The van der Waals surface area contributed by atoms with E-state index in [-0.39, 0.29) is 23.3 Å². The van der Waals surface area contributed by atoms with Crippen molar-refractivity contribution in [2.45, 2.75) is 6.18 Å². The number of aliphatic hydroxyl groups is 1. The number of alkyl halides is 3. The van der Waals surface area contributed by atoms with Gasteiger partial charge in [0.2, 0.25) is 5.95 Å². The number of aliphatic hydroxyl groups excluding tert-OH is 1. The Morgan fingerprint density at radius 1 is 1.50 bits per heavy atom. The number of nitrogens with zero attached hydrogens (tertiary/aromatic N) is 3. The largest absolute Gasteiger partial charge is 0.405 e. The molecule has 10 heteroatoms. The zero-order valence-electron chi connectivity index (χ0n) is 9.08. The van der Waals surface area contributed by atoms with E-state index in [9.17, 15) is 13.2 Å². The van der Waals surface area contributed by atoms with Crippen molar-refractivity contribution in [3.63, 3.8) is 0 Å². The van der Waals surface area contributed by atoms with Crippen molar-refractivity contribution in [1.29, 1.82) is 0 Å². The molecule has 0 aliphatic carbocycles. The number of aromatic nitrogens is 2. The number of anilines is 2. The predicted molar refractivity (Wildman–Crippen MR) is 60.2 cm³/mol. The molecule has 1 aromatic rings. The topological polar surface area (TPSA) is 87.3 Å². The molecule has 18 heavy (non-hydrogen) atoms. The van der Waals surface area contributed by atoms with E-state index in [1.54, 1.807) is 0 Å². The van der Waals surface area contributed by atoms with Crippen molar-refractivity contribution in [3.8, 4) is 0 Å². The minimum absolute atomic E-state index is 0.0632. The number of nitrogens with one attached hydrogen (secondary N) is 1. The molecule has 0 amide bonds. The van der Waals surface area contributed by atoms with Gasteiger partial charge in [-0.2, -0.15) is 18.2 Å². The molecule has 0 aliphatic rings. The van der Waals surface area contributed by atoms with E-state index in [0.29, 0.717) is 0 Å². The zero-order chi connectivity index (χ0) is 13.8. The third-order valence-corrected chi connectivity index (χ3v) is 2.16. The summed E-state index contributed by atoms with van der Waals surface area (Å²) in [6.45, 7) is -2.02. The monoisotopic (exact) mass is 285 g/mol. The van der Waals surface area contributed by atoms with Gasteiger partial charge in [-0.3, -0.25) is 5.43 Å². The molecule has 0 radical (unpaired) electrons. The SMILES string of the molecule is NNc1ncc(Cl)c(N(CCO)CC(F)(F)F)n1. The number of hydrazine groups is 1. The fraction of sp³-hybridized carbons (Fsp3) is 0.500. The Morgan fingerprint density at radius 2 is 2.17 bits per heavy atom. The average Bonchev–Trinajstić information content (AvgIpc) is 2.27. The summed E-state index contributed by atoms with van der Waals surface area (Å²) in [5.74, 6) is 4.84. The molecular weight excluding hydrogens is 275 g/mol. The molecule has 1 aromatic heterocycles. The molecule has 0 atom stereocenters. The van der Waals surface area contributed by atoms with Gasteiger partial charge in [0.15, 0.2) is 5.82 Å². The van der Waals surface area contributed by atoms with Gasteiger partial charge in [-0.1, -0.05) is 11.6 Å².